The quantitative estimate of drug-likeness (QED) is 0.658. The van der Waals surface area contributed by atoms with Gasteiger partial charge in [-0.25, -0.2) is 0 Å². The molecule has 0 bridgehead atoms. The van der Waals surface area contributed by atoms with Gasteiger partial charge < -0.3 is 19.7 Å². The molecule has 160 valence electrons. The highest BCUT2D eigenvalue weighted by molar-refractivity contribution is 5.94. The average molecular weight is 418 g/mol. The number of anilines is 2. The predicted octanol–water partition coefficient (Wildman–Crippen LogP) is 3.69. The molecule has 0 radical (unpaired) electrons. The van der Waals surface area contributed by atoms with E-state index in [2.05, 4.69) is 20.4 Å². The number of morpholine rings is 1. The highest BCUT2D eigenvalue weighted by atomic mass is 16.5. The lowest BCUT2D eigenvalue weighted by atomic mass is 10.1. The Morgan fingerprint density at radius 3 is 2.61 bits per heavy atom. The molecule has 2 aromatic carbocycles. The summed E-state index contributed by atoms with van der Waals surface area (Å²) >= 11 is 0. The molecule has 1 aliphatic rings. The van der Waals surface area contributed by atoms with Crippen LogP contribution in [0.3, 0.4) is 0 Å². The molecule has 0 saturated carbocycles. The van der Waals surface area contributed by atoms with Crippen molar-refractivity contribution in [2.24, 2.45) is 0 Å². The summed E-state index contributed by atoms with van der Waals surface area (Å²) in [5, 5.41) is 11.7. The standard InChI is InChI=1S/C24H26N4O3/c1-17-5-3-8-21(15-17)31-18(2)24(29)25-20-7-4-6-19(16-20)22-9-10-23(27-26-22)28-11-13-30-14-12-28/h3-10,15-16,18H,11-14H2,1-2H3,(H,25,29). The number of benzene rings is 2. The maximum absolute atomic E-state index is 12.6. The van der Waals surface area contributed by atoms with Gasteiger partial charge in [-0.1, -0.05) is 24.3 Å². The molecule has 1 aliphatic heterocycles. The number of carbonyl (C=O) groups excluding carboxylic acids is 1. The van der Waals surface area contributed by atoms with Gasteiger partial charge in [-0.05, 0) is 55.8 Å². The summed E-state index contributed by atoms with van der Waals surface area (Å²) in [4.78, 5) is 14.7. The van der Waals surface area contributed by atoms with E-state index in [0.717, 1.165) is 35.7 Å². The van der Waals surface area contributed by atoms with E-state index in [9.17, 15) is 4.79 Å². The molecular formula is C24H26N4O3. The van der Waals surface area contributed by atoms with Crippen LogP contribution in [0.2, 0.25) is 0 Å². The highest BCUT2D eigenvalue weighted by Gasteiger charge is 2.16. The molecule has 0 spiro atoms. The van der Waals surface area contributed by atoms with Gasteiger partial charge in [-0.3, -0.25) is 4.79 Å². The van der Waals surface area contributed by atoms with Gasteiger partial charge in [0.1, 0.15) is 5.75 Å². The third-order valence-corrected chi connectivity index (χ3v) is 5.08. The summed E-state index contributed by atoms with van der Waals surface area (Å²) in [6.07, 6.45) is -0.627. The number of hydrogen-bond donors (Lipinski definition) is 1. The van der Waals surface area contributed by atoms with Crippen molar-refractivity contribution in [2.45, 2.75) is 20.0 Å². The number of carbonyl (C=O) groups is 1. The molecule has 31 heavy (non-hydrogen) atoms. The molecule has 2 heterocycles. The van der Waals surface area contributed by atoms with Gasteiger partial charge in [0.05, 0.1) is 18.9 Å². The molecule has 0 aliphatic carbocycles. The molecule has 1 amide bonds. The minimum atomic E-state index is -0.627. The van der Waals surface area contributed by atoms with E-state index in [1.165, 1.54) is 0 Å². The number of aromatic nitrogens is 2. The largest absolute Gasteiger partial charge is 0.481 e. The minimum Gasteiger partial charge on any atom is -0.481 e. The van der Waals surface area contributed by atoms with Crippen LogP contribution < -0.4 is 15.0 Å². The van der Waals surface area contributed by atoms with Crippen LogP contribution >= 0.6 is 0 Å². The second-order valence-corrected chi connectivity index (χ2v) is 7.52. The Hall–Kier alpha value is -3.45. The van der Waals surface area contributed by atoms with E-state index in [1.54, 1.807) is 6.92 Å². The number of rotatable bonds is 6. The van der Waals surface area contributed by atoms with Crippen LogP contribution in [0.15, 0.2) is 60.7 Å². The van der Waals surface area contributed by atoms with E-state index in [1.807, 2.05) is 67.6 Å². The van der Waals surface area contributed by atoms with Gasteiger partial charge in [0.2, 0.25) is 0 Å². The summed E-state index contributed by atoms with van der Waals surface area (Å²) < 4.78 is 11.1. The maximum atomic E-state index is 12.6. The fraction of sp³-hybridized carbons (Fsp3) is 0.292. The summed E-state index contributed by atoms with van der Waals surface area (Å²) in [6.45, 7) is 6.77. The van der Waals surface area contributed by atoms with Gasteiger partial charge >= 0.3 is 0 Å². The highest BCUT2D eigenvalue weighted by Crippen LogP contribution is 2.23. The lowest BCUT2D eigenvalue weighted by Gasteiger charge is -2.27. The van der Waals surface area contributed by atoms with Crippen molar-refractivity contribution in [3.63, 3.8) is 0 Å². The molecule has 4 rings (SSSR count). The lowest BCUT2D eigenvalue weighted by molar-refractivity contribution is -0.122. The number of hydrogen-bond acceptors (Lipinski definition) is 6. The zero-order chi connectivity index (χ0) is 21.6. The summed E-state index contributed by atoms with van der Waals surface area (Å²) in [5.74, 6) is 1.30. The first-order chi connectivity index (χ1) is 15.1. The Morgan fingerprint density at radius 1 is 1.06 bits per heavy atom. The van der Waals surface area contributed by atoms with Crippen LogP contribution in [0.5, 0.6) is 5.75 Å². The Kier molecular flexibility index (Phi) is 6.43. The molecule has 3 aromatic rings. The fourth-order valence-electron chi connectivity index (χ4n) is 3.39. The van der Waals surface area contributed by atoms with Gasteiger partial charge in [-0.15, -0.1) is 10.2 Å². The number of aryl methyl sites for hydroxylation is 1. The summed E-state index contributed by atoms with van der Waals surface area (Å²) in [5.41, 5.74) is 3.39. The van der Waals surface area contributed by atoms with Crippen LogP contribution in [0.1, 0.15) is 12.5 Å². The smallest absolute Gasteiger partial charge is 0.265 e. The monoisotopic (exact) mass is 418 g/mol. The molecule has 1 unspecified atom stereocenters. The zero-order valence-electron chi connectivity index (χ0n) is 17.7. The molecule has 1 saturated heterocycles. The SMILES string of the molecule is Cc1cccc(OC(C)C(=O)Nc2cccc(-c3ccc(N4CCOCC4)nn3)c2)c1. The first-order valence-corrected chi connectivity index (χ1v) is 10.4. The zero-order valence-corrected chi connectivity index (χ0v) is 17.7. The van der Waals surface area contributed by atoms with Crippen LogP contribution in [0.4, 0.5) is 11.5 Å². The molecule has 1 atom stereocenters. The van der Waals surface area contributed by atoms with Crippen LogP contribution in [0.25, 0.3) is 11.3 Å². The molecule has 1 aromatic heterocycles. The van der Waals surface area contributed by atoms with E-state index in [0.29, 0.717) is 24.7 Å². The first kappa shape index (κ1) is 20.8. The molecule has 1 N–H and O–H groups in total. The first-order valence-electron chi connectivity index (χ1n) is 10.4. The number of ether oxygens (including phenoxy) is 2. The van der Waals surface area contributed by atoms with Crippen molar-refractivity contribution >= 4 is 17.4 Å². The van der Waals surface area contributed by atoms with Crippen molar-refractivity contribution in [1.29, 1.82) is 0 Å². The predicted molar refractivity (Wildman–Crippen MR) is 120 cm³/mol. The summed E-state index contributed by atoms with van der Waals surface area (Å²) in [7, 11) is 0. The van der Waals surface area contributed by atoms with E-state index in [-0.39, 0.29) is 5.91 Å². The van der Waals surface area contributed by atoms with Crippen LogP contribution in [0, 0.1) is 6.92 Å². The molecular weight excluding hydrogens is 392 g/mol. The van der Waals surface area contributed by atoms with E-state index in [4.69, 9.17) is 9.47 Å². The van der Waals surface area contributed by atoms with Crippen molar-refractivity contribution in [3.05, 3.63) is 66.2 Å². The van der Waals surface area contributed by atoms with Crippen LogP contribution in [-0.4, -0.2) is 48.5 Å². The normalized spacial score (nSPS) is 14.7. The number of nitrogens with one attached hydrogen (secondary N) is 1. The van der Waals surface area contributed by atoms with Gasteiger partial charge in [-0.2, -0.15) is 0 Å². The van der Waals surface area contributed by atoms with Crippen molar-refractivity contribution in [3.8, 4) is 17.0 Å². The Labute approximate surface area is 182 Å². The number of amides is 1. The second kappa shape index (κ2) is 9.57. The Balaban J connectivity index is 1.41. The van der Waals surface area contributed by atoms with Gasteiger partial charge in [0, 0.05) is 24.3 Å². The lowest BCUT2D eigenvalue weighted by Crippen LogP contribution is -2.36. The molecule has 1 fully saturated rings. The van der Waals surface area contributed by atoms with E-state index < -0.39 is 6.10 Å². The average Bonchev–Trinajstić information content (AvgIpc) is 2.80. The fourth-order valence-corrected chi connectivity index (χ4v) is 3.39. The van der Waals surface area contributed by atoms with Crippen molar-refractivity contribution in [1.82, 2.24) is 10.2 Å². The van der Waals surface area contributed by atoms with Crippen molar-refractivity contribution < 1.29 is 14.3 Å². The topological polar surface area (TPSA) is 76.6 Å². The second-order valence-electron chi connectivity index (χ2n) is 7.52. The molecule has 7 heteroatoms. The summed E-state index contributed by atoms with van der Waals surface area (Å²) in [6, 6.07) is 19.1. The minimum absolute atomic E-state index is 0.215. The van der Waals surface area contributed by atoms with E-state index >= 15 is 0 Å². The van der Waals surface area contributed by atoms with Crippen molar-refractivity contribution in [2.75, 3.05) is 36.5 Å². The maximum Gasteiger partial charge on any atom is 0.265 e. The molecule has 7 nitrogen and oxygen atoms in total. The van der Waals surface area contributed by atoms with Gasteiger partial charge in [0.15, 0.2) is 11.9 Å². The Bertz CT molecular complexity index is 1030. The number of nitrogens with zero attached hydrogens (tertiary/aromatic N) is 3. The third kappa shape index (κ3) is 5.38. The third-order valence-electron chi connectivity index (χ3n) is 5.08. The van der Waals surface area contributed by atoms with Crippen LogP contribution in [-0.2, 0) is 9.53 Å². The van der Waals surface area contributed by atoms with Gasteiger partial charge in [0.25, 0.3) is 5.91 Å². The Morgan fingerprint density at radius 2 is 1.87 bits per heavy atom.